The molecule has 3 aromatic carbocycles. The number of carbonyl (C=O) groups is 3. The number of nitrogens with one attached hydrogen (secondary N) is 2. The number of hydrogen-bond donors (Lipinski definition) is 2. The third kappa shape index (κ3) is 4.55. The molecule has 0 radical (unpaired) electrons. The van der Waals surface area contributed by atoms with Gasteiger partial charge in [0.05, 0.1) is 5.69 Å². The van der Waals surface area contributed by atoms with Crippen molar-refractivity contribution in [3.8, 4) is 0 Å². The Morgan fingerprint density at radius 1 is 0.824 bits per heavy atom. The van der Waals surface area contributed by atoms with Crippen molar-refractivity contribution in [3.05, 3.63) is 98.7 Å². The van der Waals surface area contributed by atoms with Crippen molar-refractivity contribution in [2.24, 2.45) is 0 Å². The maximum Gasteiger partial charge on any atom is 0.283 e. The highest BCUT2D eigenvalue weighted by atomic mass is 35.5. The lowest BCUT2D eigenvalue weighted by Crippen LogP contribution is -2.32. The van der Waals surface area contributed by atoms with E-state index in [1.807, 2.05) is 32.0 Å². The van der Waals surface area contributed by atoms with Crippen molar-refractivity contribution in [1.82, 2.24) is 0 Å². The minimum absolute atomic E-state index is 0.0429. The number of amides is 3. The Kier molecular flexibility index (Phi) is 6.46. The van der Waals surface area contributed by atoms with Crippen molar-refractivity contribution >= 4 is 58.0 Å². The van der Waals surface area contributed by atoms with Gasteiger partial charge in [-0.3, -0.25) is 14.4 Å². The lowest BCUT2D eigenvalue weighted by Gasteiger charge is -2.17. The summed E-state index contributed by atoms with van der Waals surface area (Å²) in [6.07, 6.45) is 0. The van der Waals surface area contributed by atoms with Crippen LogP contribution in [0.25, 0.3) is 0 Å². The van der Waals surface area contributed by atoms with Crippen LogP contribution < -0.4 is 15.5 Å². The van der Waals surface area contributed by atoms with E-state index < -0.39 is 11.8 Å². The van der Waals surface area contributed by atoms with E-state index in [0.717, 1.165) is 21.7 Å². The summed E-state index contributed by atoms with van der Waals surface area (Å²) >= 11 is 12.3. The van der Waals surface area contributed by atoms with E-state index in [1.54, 1.807) is 49.4 Å². The molecule has 0 aromatic heterocycles. The van der Waals surface area contributed by atoms with Gasteiger partial charge in [0.1, 0.15) is 10.7 Å². The van der Waals surface area contributed by atoms with Gasteiger partial charge in [0.25, 0.3) is 17.7 Å². The van der Waals surface area contributed by atoms with Crippen LogP contribution in [0.3, 0.4) is 0 Å². The summed E-state index contributed by atoms with van der Waals surface area (Å²) in [4.78, 5) is 39.4. The average molecular weight is 494 g/mol. The summed E-state index contributed by atoms with van der Waals surface area (Å²) in [7, 11) is 0. The first-order chi connectivity index (χ1) is 16.2. The summed E-state index contributed by atoms with van der Waals surface area (Å²) in [5, 5.41) is 5.99. The number of rotatable bonds is 5. The Morgan fingerprint density at radius 2 is 1.50 bits per heavy atom. The summed E-state index contributed by atoms with van der Waals surface area (Å²) < 4.78 is 0. The topological polar surface area (TPSA) is 78.5 Å². The number of anilines is 3. The molecule has 0 saturated carbocycles. The Labute approximate surface area is 207 Å². The predicted molar refractivity (Wildman–Crippen MR) is 135 cm³/mol. The number of hydrogen-bond acceptors (Lipinski definition) is 4. The molecule has 0 bridgehead atoms. The lowest BCUT2D eigenvalue weighted by atomic mass is 10.1. The van der Waals surface area contributed by atoms with Crippen LogP contribution in [0.4, 0.5) is 17.1 Å². The highest BCUT2D eigenvalue weighted by molar-refractivity contribution is 6.53. The molecule has 0 spiro atoms. The van der Waals surface area contributed by atoms with Gasteiger partial charge in [0.2, 0.25) is 0 Å². The molecule has 3 aromatic rings. The molecule has 6 nitrogen and oxygen atoms in total. The molecule has 1 heterocycles. The number of nitrogens with zero attached hydrogens (tertiary/aromatic N) is 1. The van der Waals surface area contributed by atoms with Crippen LogP contribution in [0.5, 0.6) is 0 Å². The molecule has 0 unspecified atom stereocenters. The molecule has 1 aliphatic heterocycles. The smallest absolute Gasteiger partial charge is 0.283 e. The van der Waals surface area contributed by atoms with E-state index in [9.17, 15) is 14.4 Å². The summed E-state index contributed by atoms with van der Waals surface area (Å²) in [6.45, 7) is 5.65. The second-order valence-corrected chi connectivity index (χ2v) is 8.85. The van der Waals surface area contributed by atoms with Gasteiger partial charge >= 0.3 is 0 Å². The second kappa shape index (κ2) is 9.33. The molecule has 2 N–H and O–H groups in total. The van der Waals surface area contributed by atoms with Crippen LogP contribution in [0.1, 0.15) is 27.0 Å². The van der Waals surface area contributed by atoms with Crippen LogP contribution in [0.15, 0.2) is 71.4 Å². The first kappa shape index (κ1) is 23.5. The minimum atomic E-state index is -0.635. The zero-order valence-corrected chi connectivity index (χ0v) is 20.2. The average Bonchev–Trinajstić information content (AvgIpc) is 3.01. The molecule has 0 aliphatic carbocycles. The fraction of sp³-hybridized carbons (Fsp3) is 0.115. The van der Waals surface area contributed by atoms with Gasteiger partial charge in [-0.25, -0.2) is 4.90 Å². The molecule has 0 saturated heterocycles. The van der Waals surface area contributed by atoms with E-state index >= 15 is 0 Å². The number of imide groups is 1. The highest BCUT2D eigenvalue weighted by Gasteiger charge is 2.39. The molecule has 0 atom stereocenters. The zero-order chi connectivity index (χ0) is 24.6. The van der Waals surface area contributed by atoms with E-state index in [2.05, 4.69) is 10.6 Å². The number of benzene rings is 3. The van der Waals surface area contributed by atoms with E-state index in [0.29, 0.717) is 27.5 Å². The van der Waals surface area contributed by atoms with Crippen molar-refractivity contribution in [3.63, 3.8) is 0 Å². The molecule has 172 valence electrons. The van der Waals surface area contributed by atoms with E-state index in [4.69, 9.17) is 23.2 Å². The molecule has 1 aliphatic rings. The molecule has 0 fully saturated rings. The van der Waals surface area contributed by atoms with Crippen molar-refractivity contribution in [2.45, 2.75) is 20.8 Å². The summed E-state index contributed by atoms with van der Waals surface area (Å²) in [6, 6.07) is 17.3. The van der Waals surface area contributed by atoms with Crippen LogP contribution >= 0.6 is 23.2 Å². The van der Waals surface area contributed by atoms with Gasteiger partial charge in [-0.2, -0.15) is 0 Å². The largest absolute Gasteiger partial charge is 0.350 e. The maximum absolute atomic E-state index is 13.0. The number of carbonyl (C=O) groups excluding carboxylic acids is 3. The third-order valence-electron chi connectivity index (χ3n) is 5.50. The summed E-state index contributed by atoms with van der Waals surface area (Å²) in [5.74, 6) is -1.48. The third-order valence-corrected chi connectivity index (χ3v) is 6.08. The van der Waals surface area contributed by atoms with E-state index in [-0.39, 0.29) is 16.6 Å². The quantitative estimate of drug-likeness (QED) is 0.430. The van der Waals surface area contributed by atoms with Crippen LogP contribution in [-0.4, -0.2) is 17.7 Å². The highest BCUT2D eigenvalue weighted by Crippen LogP contribution is 2.33. The second-order valence-electron chi connectivity index (χ2n) is 8.04. The molecule has 34 heavy (non-hydrogen) atoms. The van der Waals surface area contributed by atoms with Crippen molar-refractivity contribution in [2.75, 3.05) is 15.5 Å². The molecular formula is C26H21Cl2N3O3. The Hall–Kier alpha value is -3.61. The van der Waals surface area contributed by atoms with Gasteiger partial charge in [-0.1, -0.05) is 41.4 Å². The van der Waals surface area contributed by atoms with E-state index in [1.165, 1.54) is 0 Å². The van der Waals surface area contributed by atoms with Crippen LogP contribution in [0, 0.1) is 20.8 Å². The Morgan fingerprint density at radius 3 is 2.21 bits per heavy atom. The molecule has 3 amide bonds. The number of halogens is 2. The first-order valence-electron chi connectivity index (χ1n) is 10.5. The minimum Gasteiger partial charge on any atom is -0.350 e. The predicted octanol–water partition coefficient (Wildman–Crippen LogP) is 5.95. The summed E-state index contributed by atoms with van der Waals surface area (Å²) in [5.41, 5.74) is 4.73. The maximum atomic E-state index is 13.0. The molecule has 8 heteroatoms. The van der Waals surface area contributed by atoms with Gasteiger partial charge in [0.15, 0.2) is 0 Å². The zero-order valence-electron chi connectivity index (χ0n) is 18.7. The van der Waals surface area contributed by atoms with Gasteiger partial charge in [-0.05, 0) is 79.9 Å². The first-order valence-corrected chi connectivity index (χ1v) is 11.2. The van der Waals surface area contributed by atoms with Gasteiger partial charge in [-0.15, -0.1) is 0 Å². The van der Waals surface area contributed by atoms with Crippen LogP contribution in [-0.2, 0) is 9.59 Å². The number of aryl methyl sites for hydroxylation is 3. The van der Waals surface area contributed by atoms with Crippen molar-refractivity contribution in [1.29, 1.82) is 0 Å². The SMILES string of the molecule is Cc1ccc(C)c(NC(=O)c2ccc(NC3=C(Cl)C(=O)N(c4cc(Cl)ccc4C)C3=O)cc2)c1. The standard InChI is InChI=1S/C26H21Cl2N3O3/c1-14-4-5-15(2)20(12-14)30-24(32)17-7-10-19(11-8-17)29-23-22(28)25(33)31(26(23)34)21-13-18(27)9-6-16(21)3/h4-13,29H,1-3H3,(H,30,32). The fourth-order valence-electron chi connectivity index (χ4n) is 3.57. The lowest BCUT2D eigenvalue weighted by molar-refractivity contribution is -0.120. The normalized spacial score (nSPS) is 13.5. The Balaban J connectivity index is 1.51. The Bertz CT molecular complexity index is 1360. The van der Waals surface area contributed by atoms with Crippen LogP contribution in [0.2, 0.25) is 5.02 Å². The molecule has 4 rings (SSSR count). The van der Waals surface area contributed by atoms with Gasteiger partial charge in [0, 0.05) is 22.0 Å². The molecular weight excluding hydrogens is 473 g/mol. The van der Waals surface area contributed by atoms with Gasteiger partial charge < -0.3 is 10.6 Å². The fourth-order valence-corrected chi connectivity index (χ4v) is 3.95. The van der Waals surface area contributed by atoms with Crippen molar-refractivity contribution < 1.29 is 14.4 Å². The monoisotopic (exact) mass is 493 g/mol.